The standard InChI is InChI=1S/C21H24N2O3S/c1-13-8-14(2)10-15(9-13)21(25)23-12-17(19-18(23)5-6-26-19)20(24)22-11-16-4-3-7-27-16/h3-4,7-10,17-19H,5-6,11-12H2,1-2H3,(H,22,24)/t17-,18+,19-/m0/s1. The van der Waals surface area contributed by atoms with E-state index in [1.54, 1.807) is 11.3 Å². The van der Waals surface area contributed by atoms with E-state index >= 15 is 0 Å². The highest BCUT2D eigenvalue weighted by Gasteiger charge is 2.50. The van der Waals surface area contributed by atoms with Gasteiger partial charge in [0.1, 0.15) is 0 Å². The summed E-state index contributed by atoms with van der Waals surface area (Å²) in [5, 5.41) is 5.01. The van der Waals surface area contributed by atoms with E-state index in [9.17, 15) is 9.59 Å². The molecule has 0 saturated carbocycles. The molecule has 2 amide bonds. The van der Waals surface area contributed by atoms with Crippen LogP contribution in [0, 0.1) is 19.8 Å². The van der Waals surface area contributed by atoms with Crippen LogP contribution in [-0.4, -0.2) is 42.0 Å². The Morgan fingerprint density at radius 2 is 2.04 bits per heavy atom. The van der Waals surface area contributed by atoms with Crippen molar-refractivity contribution in [1.82, 2.24) is 10.2 Å². The van der Waals surface area contributed by atoms with Crippen molar-refractivity contribution in [2.75, 3.05) is 13.2 Å². The van der Waals surface area contributed by atoms with Crippen LogP contribution in [0.5, 0.6) is 0 Å². The summed E-state index contributed by atoms with van der Waals surface area (Å²) in [4.78, 5) is 28.9. The van der Waals surface area contributed by atoms with Gasteiger partial charge in [-0.15, -0.1) is 11.3 Å². The third-order valence-corrected chi connectivity index (χ3v) is 6.25. The van der Waals surface area contributed by atoms with Gasteiger partial charge in [0.05, 0.1) is 24.6 Å². The van der Waals surface area contributed by atoms with Crippen LogP contribution in [0.25, 0.3) is 0 Å². The van der Waals surface area contributed by atoms with Crippen molar-refractivity contribution in [3.05, 3.63) is 57.3 Å². The van der Waals surface area contributed by atoms with Gasteiger partial charge >= 0.3 is 0 Å². The predicted octanol–water partition coefficient (Wildman–Crippen LogP) is 2.91. The normalized spacial score (nSPS) is 24.1. The number of carbonyl (C=O) groups is 2. The van der Waals surface area contributed by atoms with Crippen LogP contribution in [0.1, 0.15) is 32.8 Å². The van der Waals surface area contributed by atoms with E-state index in [0.29, 0.717) is 25.3 Å². The summed E-state index contributed by atoms with van der Waals surface area (Å²) in [7, 11) is 0. The number of thiophene rings is 1. The summed E-state index contributed by atoms with van der Waals surface area (Å²) in [5.41, 5.74) is 2.84. The van der Waals surface area contributed by atoms with E-state index in [1.807, 2.05) is 48.4 Å². The van der Waals surface area contributed by atoms with E-state index in [0.717, 1.165) is 22.4 Å². The lowest BCUT2D eigenvalue weighted by Crippen LogP contribution is -2.37. The van der Waals surface area contributed by atoms with Gasteiger partial charge in [-0.2, -0.15) is 0 Å². The Hall–Kier alpha value is -2.18. The van der Waals surface area contributed by atoms with Gasteiger partial charge in [0.25, 0.3) is 5.91 Å². The third kappa shape index (κ3) is 3.64. The maximum atomic E-state index is 13.1. The highest BCUT2D eigenvalue weighted by molar-refractivity contribution is 7.09. The Balaban J connectivity index is 1.49. The SMILES string of the molecule is Cc1cc(C)cc(C(=O)N2C[C@H](C(=O)NCc3cccs3)[C@@H]3OCC[C@H]32)c1. The maximum Gasteiger partial charge on any atom is 0.254 e. The molecule has 27 heavy (non-hydrogen) atoms. The fourth-order valence-corrected chi connectivity index (χ4v) is 4.86. The molecule has 1 aromatic heterocycles. The Labute approximate surface area is 163 Å². The molecule has 2 fully saturated rings. The van der Waals surface area contributed by atoms with Gasteiger partial charge in [0, 0.05) is 23.6 Å². The molecule has 3 atom stereocenters. The minimum absolute atomic E-state index is 0.00384. The van der Waals surface area contributed by atoms with Gasteiger partial charge in [-0.3, -0.25) is 9.59 Å². The number of nitrogens with one attached hydrogen (secondary N) is 1. The fourth-order valence-electron chi connectivity index (χ4n) is 4.22. The highest BCUT2D eigenvalue weighted by atomic mass is 32.1. The van der Waals surface area contributed by atoms with Crippen molar-refractivity contribution in [1.29, 1.82) is 0 Å². The lowest BCUT2D eigenvalue weighted by molar-refractivity contribution is -0.127. The molecule has 2 aliphatic heterocycles. The second kappa shape index (κ2) is 7.44. The average Bonchev–Trinajstić information content (AvgIpc) is 3.35. The topological polar surface area (TPSA) is 58.6 Å². The van der Waals surface area contributed by atoms with E-state index < -0.39 is 0 Å². The smallest absolute Gasteiger partial charge is 0.254 e. The quantitative estimate of drug-likeness (QED) is 0.882. The summed E-state index contributed by atoms with van der Waals surface area (Å²) in [5.74, 6) is -0.348. The summed E-state index contributed by atoms with van der Waals surface area (Å²) in [6, 6.07) is 9.86. The molecule has 2 aliphatic rings. The molecule has 0 radical (unpaired) electrons. The molecule has 2 saturated heterocycles. The van der Waals surface area contributed by atoms with Crippen LogP contribution in [0.4, 0.5) is 0 Å². The number of fused-ring (bicyclic) bond motifs is 1. The zero-order chi connectivity index (χ0) is 19.0. The van der Waals surface area contributed by atoms with Crippen molar-refractivity contribution >= 4 is 23.2 Å². The highest BCUT2D eigenvalue weighted by Crippen LogP contribution is 2.35. The second-order valence-corrected chi connectivity index (χ2v) is 8.46. The van der Waals surface area contributed by atoms with Crippen LogP contribution >= 0.6 is 11.3 Å². The van der Waals surface area contributed by atoms with E-state index in [1.165, 1.54) is 0 Å². The molecule has 6 heteroatoms. The van der Waals surface area contributed by atoms with Crippen molar-refractivity contribution < 1.29 is 14.3 Å². The number of likely N-dealkylation sites (tertiary alicyclic amines) is 1. The minimum atomic E-state index is -0.313. The predicted molar refractivity (Wildman–Crippen MR) is 105 cm³/mol. The fraction of sp³-hybridized carbons (Fsp3) is 0.429. The van der Waals surface area contributed by atoms with Crippen LogP contribution in [0.2, 0.25) is 0 Å². The largest absolute Gasteiger partial charge is 0.375 e. The summed E-state index contributed by atoms with van der Waals surface area (Å²) in [6.07, 6.45) is 0.582. The van der Waals surface area contributed by atoms with Crippen LogP contribution in [0.3, 0.4) is 0 Å². The number of carbonyl (C=O) groups excluding carboxylic acids is 2. The second-order valence-electron chi connectivity index (χ2n) is 7.43. The lowest BCUT2D eigenvalue weighted by Gasteiger charge is -2.23. The van der Waals surface area contributed by atoms with Crippen molar-refractivity contribution in [3.63, 3.8) is 0 Å². The zero-order valence-corrected chi connectivity index (χ0v) is 16.4. The van der Waals surface area contributed by atoms with Gasteiger partial charge < -0.3 is 15.0 Å². The molecule has 5 nitrogen and oxygen atoms in total. The zero-order valence-electron chi connectivity index (χ0n) is 15.6. The van der Waals surface area contributed by atoms with Gasteiger partial charge in [-0.25, -0.2) is 0 Å². The van der Waals surface area contributed by atoms with Crippen molar-refractivity contribution in [3.8, 4) is 0 Å². The summed E-state index contributed by atoms with van der Waals surface area (Å²) >= 11 is 1.62. The summed E-state index contributed by atoms with van der Waals surface area (Å²) < 4.78 is 5.86. The minimum Gasteiger partial charge on any atom is -0.375 e. The van der Waals surface area contributed by atoms with Crippen LogP contribution < -0.4 is 5.32 Å². The van der Waals surface area contributed by atoms with E-state index in [2.05, 4.69) is 11.4 Å². The molecule has 142 valence electrons. The van der Waals surface area contributed by atoms with Gasteiger partial charge in [0.2, 0.25) is 5.91 Å². The molecule has 1 aromatic carbocycles. The molecule has 3 heterocycles. The molecular formula is C21H24N2O3S. The molecule has 1 N–H and O–H groups in total. The van der Waals surface area contributed by atoms with Crippen molar-refractivity contribution in [2.24, 2.45) is 5.92 Å². The van der Waals surface area contributed by atoms with E-state index in [-0.39, 0.29) is 29.9 Å². The van der Waals surface area contributed by atoms with Crippen LogP contribution in [-0.2, 0) is 16.1 Å². The molecular weight excluding hydrogens is 360 g/mol. The first kappa shape index (κ1) is 18.2. The first-order valence-electron chi connectivity index (χ1n) is 9.34. The van der Waals surface area contributed by atoms with Gasteiger partial charge in [0.15, 0.2) is 0 Å². The Morgan fingerprint density at radius 1 is 1.26 bits per heavy atom. The number of aryl methyl sites for hydroxylation is 2. The van der Waals surface area contributed by atoms with Gasteiger partial charge in [-0.1, -0.05) is 23.3 Å². The number of ether oxygens (including phenoxy) is 1. The Kier molecular flexibility index (Phi) is 5.02. The van der Waals surface area contributed by atoms with Gasteiger partial charge in [-0.05, 0) is 43.8 Å². The Bertz CT molecular complexity index is 829. The molecule has 0 bridgehead atoms. The number of hydrogen-bond acceptors (Lipinski definition) is 4. The third-order valence-electron chi connectivity index (χ3n) is 5.38. The first-order chi connectivity index (χ1) is 13.0. The first-order valence-corrected chi connectivity index (χ1v) is 10.2. The molecule has 4 rings (SSSR count). The molecule has 2 aromatic rings. The lowest BCUT2D eigenvalue weighted by atomic mass is 10.0. The maximum absolute atomic E-state index is 13.1. The number of rotatable bonds is 4. The number of amides is 2. The number of hydrogen-bond donors (Lipinski definition) is 1. The number of benzene rings is 1. The molecule has 0 aliphatic carbocycles. The number of nitrogens with zero attached hydrogens (tertiary/aromatic N) is 1. The molecule has 0 unspecified atom stereocenters. The monoisotopic (exact) mass is 384 g/mol. The summed E-state index contributed by atoms with van der Waals surface area (Å²) in [6.45, 7) is 5.53. The molecule has 0 spiro atoms. The Morgan fingerprint density at radius 3 is 2.74 bits per heavy atom. The average molecular weight is 385 g/mol. The van der Waals surface area contributed by atoms with Crippen LogP contribution in [0.15, 0.2) is 35.7 Å². The van der Waals surface area contributed by atoms with E-state index in [4.69, 9.17) is 4.74 Å². The van der Waals surface area contributed by atoms with Crippen molar-refractivity contribution in [2.45, 2.75) is 39.0 Å².